The summed E-state index contributed by atoms with van der Waals surface area (Å²) in [5, 5.41) is 6.54. The van der Waals surface area contributed by atoms with Gasteiger partial charge in [0.15, 0.2) is 0 Å². The van der Waals surface area contributed by atoms with Gasteiger partial charge in [-0.3, -0.25) is 4.79 Å². The molecule has 3 aliphatic heterocycles. The molecule has 3 aliphatic rings. The summed E-state index contributed by atoms with van der Waals surface area (Å²) < 4.78 is 6.74. The van der Waals surface area contributed by atoms with Gasteiger partial charge in [0.2, 0.25) is 0 Å². The fourth-order valence-corrected chi connectivity index (χ4v) is 5.15. The summed E-state index contributed by atoms with van der Waals surface area (Å²) in [6, 6.07) is 16.8. The molecule has 2 saturated heterocycles. The molecule has 5 nitrogen and oxygen atoms in total. The molecule has 2 bridgehead atoms. The van der Waals surface area contributed by atoms with Crippen LogP contribution < -0.4 is 15.5 Å². The van der Waals surface area contributed by atoms with Crippen molar-refractivity contribution in [3.8, 4) is 0 Å². The van der Waals surface area contributed by atoms with Crippen LogP contribution in [0.1, 0.15) is 44.2 Å². The fourth-order valence-electron chi connectivity index (χ4n) is 5.15. The van der Waals surface area contributed by atoms with Crippen LogP contribution in [0.5, 0.6) is 0 Å². The van der Waals surface area contributed by atoms with Crippen molar-refractivity contribution in [3.63, 3.8) is 0 Å². The number of nitrogens with zero attached hydrogens (tertiary/aromatic N) is 1. The summed E-state index contributed by atoms with van der Waals surface area (Å²) in [4.78, 5) is 14.3. The van der Waals surface area contributed by atoms with Gasteiger partial charge in [0.1, 0.15) is 12.0 Å². The van der Waals surface area contributed by atoms with Gasteiger partial charge in [-0.25, -0.2) is 0 Å². The van der Waals surface area contributed by atoms with Crippen molar-refractivity contribution in [1.82, 2.24) is 5.32 Å². The second kappa shape index (κ2) is 8.56. The number of carbonyl (C=O) groups excluding carboxylic acids is 1. The van der Waals surface area contributed by atoms with Crippen LogP contribution in [0.2, 0.25) is 0 Å². The van der Waals surface area contributed by atoms with Gasteiger partial charge in [-0.05, 0) is 68.4 Å². The lowest BCUT2D eigenvalue weighted by Crippen LogP contribution is -2.52. The molecular weight excluding hydrogens is 410 g/mol. The van der Waals surface area contributed by atoms with E-state index in [-0.39, 0.29) is 12.1 Å². The first kappa shape index (κ1) is 21.5. The molecule has 0 saturated carbocycles. The molecule has 2 aromatic rings. The van der Waals surface area contributed by atoms with E-state index >= 15 is 0 Å². The topological polar surface area (TPSA) is 53.6 Å². The first-order chi connectivity index (χ1) is 16.0. The lowest BCUT2D eigenvalue weighted by atomic mass is 9.94. The highest BCUT2D eigenvalue weighted by Crippen LogP contribution is 2.41. The Morgan fingerprint density at radius 2 is 1.97 bits per heavy atom. The minimum atomic E-state index is -0.499. The minimum absolute atomic E-state index is 0.0538. The third kappa shape index (κ3) is 3.98. The number of amides is 1. The average molecular weight is 442 g/mol. The van der Waals surface area contributed by atoms with E-state index in [2.05, 4.69) is 90.7 Å². The quantitative estimate of drug-likeness (QED) is 0.615. The average Bonchev–Trinajstić information content (AvgIpc) is 3.15. The van der Waals surface area contributed by atoms with Gasteiger partial charge in [-0.1, -0.05) is 49.1 Å². The first-order valence-corrected chi connectivity index (χ1v) is 11.7. The highest BCUT2D eigenvalue weighted by Gasteiger charge is 2.39. The SMILES string of the molecule is C=C1C(=O)NC/C1=C(/C)c1ccccc1N1/C=C/Cc2ccccc2N[C@H]2CCC[C@]1(C)O2. The van der Waals surface area contributed by atoms with Crippen LogP contribution >= 0.6 is 0 Å². The zero-order chi connectivity index (χ0) is 23.0. The van der Waals surface area contributed by atoms with Crippen molar-refractivity contribution in [2.75, 3.05) is 16.8 Å². The maximum absolute atomic E-state index is 12.1. The van der Waals surface area contributed by atoms with Crippen molar-refractivity contribution < 1.29 is 9.53 Å². The number of anilines is 2. The monoisotopic (exact) mass is 441 g/mol. The van der Waals surface area contributed by atoms with E-state index in [0.717, 1.165) is 53.8 Å². The van der Waals surface area contributed by atoms with Crippen LogP contribution in [-0.4, -0.2) is 24.4 Å². The molecule has 0 radical (unpaired) electrons. The third-order valence-corrected chi connectivity index (χ3v) is 7.02. The molecule has 33 heavy (non-hydrogen) atoms. The van der Waals surface area contributed by atoms with Crippen LogP contribution in [-0.2, 0) is 16.0 Å². The summed E-state index contributed by atoms with van der Waals surface area (Å²) in [5.41, 5.74) is 6.66. The predicted octanol–water partition coefficient (Wildman–Crippen LogP) is 5.38. The molecule has 2 aromatic carbocycles. The summed E-state index contributed by atoms with van der Waals surface area (Å²) in [6.07, 6.45) is 8.13. The van der Waals surface area contributed by atoms with Gasteiger partial charge in [0.25, 0.3) is 5.91 Å². The van der Waals surface area contributed by atoms with Gasteiger partial charge >= 0.3 is 0 Å². The van der Waals surface area contributed by atoms with Crippen LogP contribution in [0, 0.1) is 0 Å². The molecule has 0 spiro atoms. The van der Waals surface area contributed by atoms with Crippen molar-refractivity contribution in [3.05, 3.63) is 89.7 Å². The van der Waals surface area contributed by atoms with Crippen LogP contribution in [0.3, 0.4) is 0 Å². The Bertz CT molecular complexity index is 1170. The number of nitrogens with one attached hydrogen (secondary N) is 2. The molecule has 3 heterocycles. The molecule has 2 N–H and O–H groups in total. The van der Waals surface area contributed by atoms with Crippen molar-refractivity contribution in [2.24, 2.45) is 0 Å². The highest BCUT2D eigenvalue weighted by atomic mass is 16.5. The summed E-state index contributed by atoms with van der Waals surface area (Å²) in [7, 11) is 0. The Labute approximate surface area is 195 Å². The molecule has 0 unspecified atom stereocenters. The number of allylic oxidation sites excluding steroid dienone is 2. The van der Waals surface area contributed by atoms with Crippen molar-refractivity contribution in [2.45, 2.75) is 51.5 Å². The smallest absolute Gasteiger partial charge is 0.251 e. The molecule has 170 valence electrons. The molecule has 5 rings (SSSR count). The second-order valence-electron chi connectivity index (χ2n) is 9.22. The summed E-state index contributed by atoms with van der Waals surface area (Å²) >= 11 is 0. The Kier molecular flexibility index (Phi) is 5.59. The zero-order valence-electron chi connectivity index (χ0n) is 19.4. The molecule has 5 heteroatoms. The summed E-state index contributed by atoms with van der Waals surface area (Å²) in [6.45, 7) is 8.79. The van der Waals surface area contributed by atoms with Crippen LogP contribution in [0.25, 0.3) is 5.57 Å². The van der Waals surface area contributed by atoms with Gasteiger partial charge in [0.05, 0.1) is 5.69 Å². The first-order valence-electron chi connectivity index (χ1n) is 11.7. The van der Waals surface area contributed by atoms with Crippen molar-refractivity contribution >= 4 is 22.9 Å². The molecule has 0 aliphatic carbocycles. The minimum Gasteiger partial charge on any atom is -0.360 e. The highest BCUT2D eigenvalue weighted by molar-refractivity contribution is 6.04. The van der Waals surface area contributed by atoms with E-state index in [1.165, 1.54) is 5.56 Å². The number of para-hydroxylation sites is 2. The third-order valence-electron chi connectivity index (χ3n) is 7.02. The van der Waals surface area contributed by atoms with Crippen molar-refractivity contribution in [1.29, 1.82) is 0 Å². The van der Waals surface area contributed by atoms with Crippen LogP contribution in [0.15, 0.2) is 78.5 Å². The number of hydrogen-bond acceptors (Lipinski definition) is 4. The second-order valence-corrected chi connectivity index (χ2v) is 9.22. The molecular formula is C28H31N3O2. The van der Waals surface area contributed by atoms with E-state index < -0.39 is 5.72 Å². The number of hydrogen-bond donors (Lipinski definition) is 2. The largest absolute Gasteiger partial charge is 0.360 e. The van der Waals surface area contributed by atoms with E-state index in [1.807, 2.05) is 6.07 Å². The fraction of sp³-hybridized carbons (Fsp3) is 0.321. The lowest BCUT2D eigenvalue weighted by Gasteiger charge is -2.47. The van der Waals surface area contributed by atoms with Gasteiger partial charge in [-0.15, -0.1) is 0 Å². The number of carbonyl (C=O) groups is 1. The van der Waals surface area contributed by atoms with E-state index in [1.54, 1.807) is 0 Å². The molecule has 0 aromatic heterocycles. The molecule has 1 amide bonds. The van der Waals surface area contributed by atoms with E-state index in [4.69, 9.17) is 4.74 Å². The Morgan fingerprint density at radius 1 is 1.18 bits per heavy atom. The molecule has 2 atom stereocenters. The Hall–Kier alpha value is -3.31. The summed E-state index contributed by atoms with van der Waals surface area (Å²) in [5.74, 6) is -0.0871. The number of ether oxygens (including phenoxy) is 1. The normalized spacial score (nSPS) is 27.3. The maximum Gasteiger partial charge on any atom is 0.251 e. The van der Waals surface area contributed by atoms with E-state index in [0.29, 0.717) is 12.1 Å². The van der Waals surface area contributed by atoms with Gasteiger partial charge in [-0.2, -0.15) is 0 Å². The lowest BCUT2D eigenvalue weighted by molar-refractivity contribution is -0.116. The van der Waals surface area contributed by atoms with Gasteiger partial charge in [0, 0.05) is 29.6 Å². The number of benzene rings is 2. The number of fused-ring (bicyclic) bond motifs is 3. The predicted molar refractivity (Wildman–Crippen MR) is 134 cm³/mol. The Balaban J connectivity index is 1.61. The van der Waals surface area contributed by atoms with Crippen LogP contribution in [0.4, 0.5) is 11.4 Å². The standard InChI is InChI=1S/C28H31N3O2/c1-19(23-18-29-27(32)20(23)2)22-12-5-7-14-25(22)31-17-9-11-21-10-4-6-13-24(21)30-26-15-8-16-28(31,3)33-26/h4-7,9-10,12-14,17,26,30H,2,8,11,15-16,18H2,1,3H3,(H,29,32)/b17-9+,23-19+/t26-,28+/m1/s1. The molecule has 2 fully saturated rings. The Morgan fingerprint density at radius 3 is 2.79 bits per heavy atom. The van der Waals surface area contributed by atoms with Gasteiger partial charge < -0.3 is 20.3 Å². The number of rotatable bonds is 2. The maximum atomic E-state index is 12.1. The van der Waals surface area contributed by atoms with E-state index in [9.17, 15) is 4.79 Å². The zero-order valence-corrected chi connectivity index (χ0v) is 19.4.